The predicted molar refractivity (Wildman–Crippen MR) is 112 cm³/mol. The standard InChI is InChI=1S/C22H21F3N4O3/c1-13(2)26-19(30)18-20(31)28(12-15-6-8-16(9-7-15)22(23,24)25)21(32)29(27-18)17-10-4-14(3)5-11-17/h4-11,13H,12H2,1-3H3,(H,26,30). The van der Waals surface area contributed by atoms with Gasteiger partial charge >= 0.3 is 11.9 Å². The molecule has 7 nitrogen and oxygen atoms in total. The van der Waals surface area contributed by atoms with E-state index in [1.54, 1.807) is 38.1 Å². The van der Waals surface area contributed by atoms with Crippen molar-refractivity contribution in [2.75, 3.05) is 0 Å². The van der Waals surface area contributed by atoms with Crippen LogP contribution < -0.4 is 16.6 Å². The van der Waals surface area contributed by atoms with Crippen molar-refractivity contribution in [2.45, 2.75) is 39.5 Å². The third-order valence-corrected chi connectivity index (χ3v) is 4.60. The Labute approximate surface area is 181 Å². The molecule has 1 amide bonds. The first-order valence-corrected chi connectivity index (χ1v) is 9.75. The number of halogens is 3. The third kappa shape index (κ3) is 4.96. The quantitative estimate of drug-likeness (QED) is 0.653. The second-order valence-electron chi connectivity index (χ2n) is 7.59. The lowest BCUT2D eigenvalue weighted by molar-refractivity contribution is -0.137. The molecule has 0 aliphatic rings. The summed E-state index contributed by atoms with van der Waals surface area (Å²) in [5.74, 6) is -0.757. The lowest BCUT2D eigenvalue weighted by Crippen LogP contribution is -2.46. The van der Waals surface area contributed by atoms with Crippen LogP contribution in [0.5, 0.6) is 0 Å². The number of amides is 1. The third-order valence-electron chi connectivity index (χ3n) is 4.60. The number of aromatic nitrogens is 3. The van der Waals surface area contributed by atoms with Crippen molar-refractivity contribution in [3.05, 3.63) is 91.8 Å². The SMILES string of the molecule is Cc1ccc(-n2nc(C(=O)NC(C)C)c(=O)n(Cc3ccc(C(F)(F)F)cc3)c2=O)cc1. The summed E-state index contributed by atoms with van der Waals surface area (Å²) in [6.07, 6.45) is -4.51. The number of nitrogens with one attached hydrogen (secondary N) is 1. The first-order valence-electron chi connectivity index (χ1n) is 9.75. The van der Waals surface area contributed by atoms with Gasteiger partial charge in [0, 0.05) is 6.04 Å². The van der Waals surface area contributed by atoms with Gasteiger partial charge in [0.1, 0.15) is 0 Å². The lowest BCUT2D eigenvalue weighted by Gasteiger charge is -2.14. The molecule has 0 spiro atoms. The highest BCUT2D eigenvalue weighted by Crippen LogP contribution is 2.29. The number of carbonyl (C=O) groups is 1. The van der Waals surface area contributed by atoms with Crippen molar-refractivity contribution in [3.63, 3.8) is 0 Å². The van der Waals surface area contributed by atoms with Crippen molar-refractivity contribution in [1.29, 1.82) is 0 Å². The Morgan fingerprint density at radius 2 is 1.62 bits per heavy atom. The van der Waals surface area contributed by atoms with Crippen molar-refractivity contribution in [1.82, 2.24) is 19.7 Å². The minimum absolute atomic E-state index is 0.285. The fraction of sp³-hybridized carbons (Fsp3) is 0.273. The van der Waals surface area contributed by atoms with E-state index < -0.39 is 34.6 Å². The molecule has 10 heteroatoms. The van der Waals surface area contributed by atoms with Crippen LogP contribution in [0.4, 0.5) is 13.2 Å². The minimum atomic E-state index is -4.51. The van der Waals surface area contributed by atoms with Gasteiger partial charge in [-0.2, -0.15) is 23.0 Å². The van der Waals surface area contributed by atoms with E-state index >= 15 is 0 Å². The normalized spacial score (nSPS) is 11.6. The van der Waals surface area contributed by atoms with E-state index in [4.69, 9.17) is 0 Å². The highest BCUT2D eigenvalue weighted by molar-refractivity contribution is 5.91. The van der Waals surface area contributed by atoms with E-state index in [1.165, 1.54) is 12.1 Å². The van der Waals surface area contributed by atoms with Crippen molar-refractivity contribution < 1.29 is 18.0 Å². The summed E-state index contributed by atoms with van der Waals surface area (Å²) < 4.78 is 40.2. The van der Waals surface area contributed by atoms with Gasteiger partial charge in [-0.25, -0.2) is 4.79 Å². The van der Waals surface area contributed by atoms with E-state index in [0.29, 0.717) is 5.69 Å². The molecule has 0 saturated carbocycles. The molecule has 3 rings (SSSR count). The molecule has 1 aromatic heterocycles. The zero-order valence-electron chi connectivity index (χ0n) is 17.6. The van der Waals surface area contributed by atoms with E-state index in [-0.39, 0.29) is 18.2 Å². The number of hydrogen-bond acceptors (Lipinski definition) is 4. The summed E-state index contributed by atoms with van der Waals surface area (Å²) in [7, 11) is 0. The van der Waals surface area contributed by atoms with Gasteiger partial charge in [0.15, 0.2) is 0 Å². The summed E-state index contributed by atoms with van der Waals surface area (Å²) in [6, 6.07) is 10.5. The molecular formula is C22H21F3N4O3. The minimum Gasteiger partial charge on any atom is -0.348 e. The van der Waals surface area contributed by atoms with Crippen LogP contribution in [-0.4, -0.2) is 26.3 Å². The maximum Gasteiger partial charge on any atom is 0.416 e. The summed E-state index contributed by atoms with van der Waals surface area (Å²) in [5.41, 5.74) is -1.55. The Balaban J connectivity index is 2.14. The highest BCUT2D eigenvalue weighted by atomic mass is 19.4. The number of rotatable bonds is 5. The average molecular weight is 446 g/mol. The molecule has 3 aromatic rings. The predicted octanol–water partition coefficient (Wildman–Crippen LogP) is 2.91. The highest BCUT2D eigenvalue weighted by Gasteiger charge is 2.30. The fourth-order valence-corrected chi connectivity index (χ4v) is 2.96. The van der Waals surface area contributed by atoms with Crippen molar-refractivity contribution in [2.24, 2.45) is 0 Å². The molecule has 1 heterocycles. The van der Waals surface area contributed by atoms with Gasteiger partial charge in [0.25, 0.3) is 11.5 Å². The maximum atomic E-state index is 13.1. The topological polar surface area (TPSA) is 86.0 Å². The average Bonchev–Trinajstić information content (AvgIpc) is 2.71. The van der Waals surface area contributed by atoms with Crippen LogP contribution in [0.3, 0.4) is 0 Å². The van der Waals surface area contributed by atoms with E-state index in [0.717, 1.165) is 26.9 Å². The zero-order valence-corrected chi connectivity index (χ0v) is 17.6. The second kappa shape index (κ2) is 8.81. The number of hydrogen-bond donors (Lipinski definition) is 1. The molecule has 2 aromatic carbocycles. The van der Waals surface area contributed by atoms with Crippen LogP contribution in [0.25, 0.3) is 5.69 Å². The molecule has 0 bridgehead atoms. The molecule has 0 fully saturated rings. The summed E-state index contributed by atoms with van der Waals surface area (Å²) >= 11 is 0. The molecule has 0 saturated heterocycles. The number of aryl methyl sites for hydroxylation is 1. The number of benzene rings is 2. The van der Waals surface area contributed by atoms with Gasteiger partial charge < -0.3 is 5.32 Å². The zero-order chi connectivity index (χ0) is 23.6. The number of alkyl halides is 3. The van der Waals surface area contributed by atoms with Crippen molar-refractivity contribution >= 4 is 5.91 Å². The molecular weight excluding hydrogens is 425 g/mol. The Kier molecular flexibility index (Phi) is 6.33. The Morgan fingerprint density at radius 3 is 2.16 bits per heavy atom. The number of carbonyl (C=O) groups excluding carboxylic acids is 1. The van der Waals surface area contributed by atoms with Gasteiger partial charge in [0.2, 0.25) is 5.69 Å². The summed E-state index contributed by atoms with van der Waals surface area (Å²) in [5, 5.41) is 6.55. The molecule has 0 aliphatic carbocycles. The van der Waals surface area contributed by atoms with Crippen molar-refractivity contribution in [3.8, 4) is 5.69 Å². The maximum absolute atomic E-state index is 13.1. The fourth-order valence-electron chi connectivity index (χ4n) is 2.96. The van der Waals surface area contributed by atoms with Crippen LogP contribution in [0, 0.1) is 6.92 Å². The Bertz CT molecular complexity index is 1240. The first-order chi connectivity index (χ1) is 15.0. The van der Waals surface area contributed by atoms with Gasteiger partial charge in [0.05, 0.1) is 17.8 Å². The second-order valence-corrected chi connectivity index (χ2v) is 7.59. The van der Waals surface area contributed by atoms with E-state index in [1.807, 2.05) is 6.92 Å². The van der Waals surface area contributed by atoms with Gasteiger partial charge in [-0.1, -0.05) is 29.8 Å². The summed E-state index contributed by atoms with van der Waals surface area (Å²) in [4.78, 5) is 38.5. The largest absolute Gasteiger partial charge is 0.416 e. The molecule has 1 N–H and O–H groups in total. The first kappa shape index (κ1) is 23.0. The molecule has 0 aliphatic heterocycles. The van der Waals surface area contributed by atoms with Gasteiger partial charge in [-0.3, -0.25) is 14.2 Å². The van der Waals surface area contributed by atoms with Crippen LogP contribution in [0.2, 0.25) is 0 Å². The van der Waals surface area contributed by atoms with Gasteiger partial charge in [-0.05, 0) is 50.6 Å². The van der Waals surface area contributed by atoms with Crippen LogP contribution in [0.1, 0.15) is 41.0 Å². The van der Waals surface area contributed by atoms with E-state index in [9.17, 15) is 27.6 Å². The monoisotopic (exact) mass is 446 g/mol. The molecule has 168 valence electrons. The molecule has 0 atom stereocenters. The Morgan fingerprint density at radius 1 is 1.03 bits per heavy atom. The van der Waals surface area contributed by atoms with Gasteiger partial charge in [-0.15, -0.1) is 0 Å². The van der Waals surface area contributed by atoms with Crippen LogP contribution in [0.15, 0.2) is 58.1 Å². The van der Waals surface area contributed by atoms with E-state index in [2.05, 4.69) is 10.4 Å². The smallest absolute Gasteiger partial charge is 0.348 e. The molecule has 0 radical (unpaired) electrons. The molecule has 0 unspecified atom stereocenters. The number of nitrogens with zero attached hydrogens (tertiary/aromatic N) is 3. The Hall–Kier alpha value is -3.69. The summed E-state index contributed by atoms with van der Waals surface area (Å²) in [6.45, 7) is 4.93. The lowest BCUT2D eigenvalue weighted by atomic mass is 10.1. The van der Waals surface area contributed by atoms with Crippen LogP contribution in [-0.2, 0) is 12.7 Å². The van der Waals surface area contributed by atoms with Crippen LogP contribution >= 0.6 is 0 Å². The molecule has 32 heavy (non-hydrogen) atoms.